The van der Waals surface area contributed by atoms with E-state index in [4.69, 9.17) is 9.47 Å². The Labute approximate surface area is 132 Å². The lowest BCUT2D eigenvalue weighted by Gasteiger charge is -2.39. The molecular weight excluding hydrogens is 431 g/mol. The summed E-state index contributed by atoms with van der Waals surface area (Å²) in [6.07, 6.45) is -5.26. The Morgan fingerprint density at radius 1 is 1.11 bits per heavy atom. The molecule has 0 amide bonds. The van der Waals surface area contributed by atoms with Gasteiger partial charge in [-0.15, -0.1) is 0 Å². The molecule has 1 fully saturated rings. The minimum absolute atomic E-state index is 0.489. The summed E-state index contributed by atoms with van der Waals surface area (Å²) in [6, 6.07) is 7.03. The van der Waals surface area contributed by atoms with Crippen molar-refractivity contribution >= 4 is 38.5 Å². The number of ether oxygens (including phenoxy) is 2. The number of aliphatic hydroxyl groups excluding tert-OH is 3. The summed E-state index contributed by atoms with van der Waals surface area (Å²) >= 11 is 5.36. The molecule has 1 saturated heterocycles. The Balaban J connectivity index is 2.08. The van der Waals surface area contributed by atoms with Gasteiger partial charge in [-0.05, 0) is 24.3 Å². The number of halogens is 2. The fraction of sp³-hybridized carbons (Fsp3) is 0.500. The van der Waals surface area contributed by atoms with E-state index >= 15 is 0 Å². The summed E-state index contributed by atoms with van der Waals surface area (Å²) in [5.41, 5.74) is 0. The van der Waals surface area contributed by atoms with Crippen LogP contribution >= 0.6 is 38.5 Å². The minimum Gasteiger partial charge on any atom is -0.462 e. The molecular formula is C12H14BrIO5. The van der Waals surface area contributed by atoms with Crippen molar-refractivity contribution in [3.05, 3.63) is 28.7 Å². The van der Waals surface area contributed by atoms with Gasteiger partial charge in [0.1, 0.15) is 24.1 Å². The molecule has 1 aliphatic heterocycles. The van der Waals surface area contributed by atoms with Crippen molar-refractivity contribution in [3.8, 4) is 5.75 Å². The van der Waals surface area contributed by atoms with Gasteiger partial charge in [-0.2, -0.15) is 0 Å². The molecule has 7 heteroatoms. The Kier molecular flexibility index (Phi) is 5.44. The van der Waals surface area contributed by atoms with Crippen molar-refractivity contribution in [1.29, 1.82) is 0 Å². The van der Waals surface area contributed by atoms with Crippen LogP contribution in [-0.4, -0.2) is 50.5 Å². The number of hydrogen-bond acceptors (Lipinski definition) is 5. The lowest BCUT2D eigenvalue weighted by molar-refractivity contribution is -0.266. The minimum atomic E-state index is -1.29. The SMILES string of the molecule is O[C@H]1[C@H](O)[C@H](Oc2ccc(Br)cc2)O[C@@H](CI)[C@H]1O. The van der Waals surface area contributed by atoms with Crippen molar-refractivity contribution in [2.75, 3.05) is 4.43 Å². The molecule has 1 aliphatic rings. The Morgan fingerprint density at radius 2 is 1.74 bits per heavy atom. The van der Waals surface area contributed by atoms with E-state index in [1.807, 2.05) is 22.6 Å². The molecule has 1 heterocycles. The van der Waals surface area contributed by atoms with E-state index in [2.05, 4.69) is 15.9 Å². The van der Waals surface area contributed by atoms with Crippen molar-refractivity contribution in [2.45, 2.75) is 30.7 Å². The molecule has 106 valence electrons. The van der Waals surface area contributed by atoms with E-state index in [0.29, 0.717) is 10.2 Å². The van der Waals surface area contributed by atoms with E-state index in [0.717, 1.165) is 4.47 Å². The van der Waals surface area contributed by atoms with Gasteiger partial charge in [-0.1, -0.05) is 38.5 Å². The number of aliphatic hydroxyl groups is 3. The van der Waals surface area contributed by atoms with Gasteiger partial charge in [0.25, 0.3) is 0 Å². The van der Waals surface area contributed by atoms with Crippen LogP contribution in [0.4, 0.5) is 0 Å². The number of alkyl halides is 1. The molecule has 2 rings (SSSR count). The Hall–Kier alpha value is 0.0700. The Bertz CT molecular complexity index is 413. The first-order chi connectivity index (χ1) is 9.02. The quantitative estimate of drug-likeness (QED) is 0.480. The van der Waals surface area contributed by atoms with Crippen LogP contribution in [0, 0.1) is 0 Å². The molecule has 0 saturated carbocycles. The third-order valence-electron chi connectivity index (χ3n) is 2.89. The molecule has 0 aliphatic carbocycles. The first kappa shape index (κ1) is 15.5. The van der Waals surface area contributed by atoms with Gasteiger partial charge in [0, 0.05) is 8.90 Å². The maximum absolute atomic E-state index is 9.87. The highest BCUT2D eigenvalue weighted by molar-refractivity contribution is 14.1. The van der Waals surface area contributed by atoms with E-state index in [1.165, 1.54) is 0 Å². The van der Waals surface area contributed by atoms with Crippen LogP contribution in [0.2, 0.25) is 0 Å². The highest BCUT2D eigenvalue weighted by Gasteiger charge is 2.44. The number of hydrogen-bond donors (Lipinski definition) is 3. The zero-order chi connectivity index (χ0) is 14.0. The third kappa shape index (κ3) is 3.59. The van der Waals surface area contributed by atoms with Gasteiger partial charge in [0.05, 0.1) is 6.10 Å². The zero-order valence-electron chi connectivity index (χ0n) is 9.82. The number of benzene rings is 1. The highest BCUT2D eigenvalue weighted by Crippen LogP contribution is 2.26. The molecule has 0 radical (unpaired) electrons. The van der Waals surface area contributed by atoms with Crippen LogP contribution in [0.25, 0.3) is 0 Å². The standard InChI is InChI=1S/C12H14BrIO5/c13-6-1-3-7(4-2-6)18-12-11(17)10(16)9(15)8(5-14)19-12/h1-4,8-12,15-17H,5H2/t8-,9+,10+,11-,12+/m0/s1. The van der Waals surface area contributed by atoms with Crippen LogP contribution < -0.4 is 4.74 Å². The van der Waals surface area contributed by atoms with Crippen LogP contribution in [0.5, 0.6) is 5.75 Å². The van der Waals surface area contributed by atoms with Crippen LogP contribution in [-0.2, 0) is 4.74 Å². The largest absolute Gasteiger partial charge is 0.462 e. The summed E-state index contributed by atoms with van der Waals surface area (Å²) in [5, 5.41) is 29.4. The summed E-state index contributed by atoms with van der Waals surface area (Å²) in [4.78, 5) is 0. The highest BCUT2D eigenvalue weighted by atomic mass is 127. The van der Waals surface area contributed by atoms with Crippen molar-refractivity contribution in [3.63, 3.8) is 0 Å². The van der Waals surface area contributed by atoms with E-state index in [9.17, 15) is 15.3 Å². The maximum Gasteiger partial charge on any atom is 0.229 e. The van der Waals surface area contributed by atoms with Crippen LogP contribution in [0.1, 0.15) is 0 Å². The first-order valence-corrected chi connectivity index (χ1v) is 8.02. The molecule has 0 bridgehead atoms. The molecule has 0 unspecified atom stereocenters. The van der Waals surface area contributed by atoms with Crippen molar-refractivity contribution < 1.29 is 24.8 Å². The second-order valence-corrected chi connectivity index (χ2v) is 6.04. The first-order valence-electron chi connectivity index (χ1n) is 5.71. The second kappa shape index (κ2) is 6.68. The number of rotatable bonds is 3. The topological polar surface area (TPSA) is 79.2 Å². The average molecular weight is 445 g/mol. The zero-order valence-corrected chi connectivity index (χ0v) is 13.6. The van der Waals surface area contributed by atoms with Gasteiger partial charge >= 0.3 is 0 Å². The summed E-state index contributed by atoms with van der Waals surface area (Å²) in [7, 11) is 0. The second-order valence-electron chi connectivity index (χ2n) is 4.24. The third-order valence-corrected chi connectivity index (χ3v) is 4.28. The average Bonchev–Trinajstić information content (AvgIpc) is 2.42. The van der Waals surface area contributed by atoms with Gasteiger partial charge in [0.15, 0.2) is 0 Å². The van der Waals surface area contributed by atoms with Gasteiger partial charge in [-0.25, -0.2) is 0 Å². The summed E-state index contributed by atoms with van der Waals surface area (Å²) in [6.45, 7) is 0. The van der Waals surface area contributed by atoms with E-state index in [1.54, 1.807) is 24.3 Å². The molecule has 5 nitrogen and oxygen atoms in total. The van der Waals surface area contributed by atoms with E-state index in [-0.39, 0.29) is 0 Å². The van der Waals surface area contributed by atoms with Gasteiger partial charge < -0.3 is 24.8 Å². The molecule has 0 aromatic heterocycles. The smallest absolute Gasteiger partial charge is 0.229 e. The molecule has 0 spiro atoms. The fourth-order valence-electron chi connectivity index (χ4n) is 1.79. The summed E-state index contributed by atoms with van der Waals surface area (Å²) in [5.74, 6) is 0.517. The van der Waals surface area contributed by atoms with Gasteiger partial charge in [0.2, 0.25) is 6.29 Å². The van der Waals surface area contributed by atoms with E-state index < -0.39 is 30.7 Å². The summed E-state index contributed by atoms with van der Waals surface area (Å²) < 4.78 is 12.4. The maximum atomic E-state index is 9.87. The fourth-order valence-corrected chi connectivity index (χ4v) is 2.78. The van der Waals surface area contributed by atoms with Crippen LogP contribution in [0.3, 0.4) is 0 Å². The van der Waals surface area contributed by atoms with Crippen molar-refractivity contribution in [2.24, 2.45) is 0 Å². The normalized spacial score (nSPS) is 35.1. The molecule has 19 heavy (non-hydrogen) atoms. The predicted octanol–water partition coefficient (Wildman–Crippen LogP) is 1.07. The molecule has 1 aromatic rings. The molecule has 3 N–H and O–H groups in total. The molecule has 1 aromatic carbocycles. The molecule has 5 atom stereocenters. The van der Waals surface area contributed by atoms with Gasteiger partial charge in [-0.3, -0.25) is 0 Å². The Morgan fingerprint density at radius 3 is 2.32 bits per heavy atom. The predicted molar refractivity (Wildman–Crippen MR) is 80.3 cm³/mol. The van der Waals surface area contributed by atoms with Crippen LogP contribution in [0.15, 0.2) is 28.7 Å². The monoisotopic (exact) mass is 444 g/mol. The van der Waals surface area contributed by atoms with Crippen molar-refractivity contribution in [1.82, 2.24) is 0 Å². The lowest BCUT2D eigenvalue weighted by atomic mass is 10.00. The lowest BCUT2D eigenvalue weighted by Crippen LogP contribution is -2.59.